The summed E-state index contributed by atoms with van der Waals surface area (Å²) in [7, 11) is -3.17. The van der Waals surface area contributed by atoms with Gasteiger partial charge in [-0.3, -0.25) is 0 Å². The first-order chi connectivity index (χ1) is 9.04. The van der Waals surface area contributed by atoms with E-state index in [0.717, 1.165) is 10.0 Å². The highest BCUT2D eigenvalue weighted by atomic mass is 79.9. The molecule has 0 bridgehead atoms. The van der Waals surface area contributed by atoms with E-state index in [-0.39, 0.29) is 18.4 Å². The molecule has 0 saturated carbocycles. The lowest BCUT2D eigenvalue weighted by atomic mass is 10.1. The Hall–Kier alpha value is -0.590. The Morgan fingerprint density at radius 3 is 2.45 bits per heavy atom. The summed E-state index contributed by atoms with van der Waals surface area (Å²) in [5, 5.41) is 0. The van der Waals surface area contributed by atoms with Gasteiger partial charge in [0.25, 0.3) is 0 Å². The molecule has 0 heterocycles. The molecule has 0 unspecified atom stereocenters. The van der Waals surface area contributed by atoms with Crippen LogP contribution >= 0.6 is 15.9 Å². The van der Waals surface area contributed by atoms with Gasteiger partial charge in [-0.05, 0) is 45.9 Å². The highest BCUT2D eigenvalue weighted by Crippen LogP contribution is 2.27. The number of nitrogens with two attached hydrogens (primary N) is 1. The van der Waals surface area contributed by atoms with Crippen LogP contribution in [0.15, 0.2) is 22.7 Å². The highest BCUT2D eigenvalue weighted by molar-refractivity contribution is 9.10. The van der Waals surface area contributed by atoms with E-state index in [1.54, 1.807) is 26.8 Å². The molecule has 0 aliphatic heterocycles. The molecule has 0 aliphatic carbocycles. The van der Waals surface area contributed by atoms with Crippen molar-refractivity contribution in [2.75, 3.05) is 12.4 Å². The van der Waals surface area contributed by atoms with Gasteiger partial charge in [-0.1, -0.05) is 15.9 Å². The van der Waals surface area contributed by atoms with E-state index in [2.05, 4.69) is 15.9 Å². The second kappa shape index (κ2) is 6.45. The van der Waals surface area contributed by atoms with Crippen molar-refractivity contribution in [2.24, 2.45) is 5.73 Å². The zero-order valence-electron chi connectivity index (χ0n) is 12.3. The lowest BCUT2D eigenvalue weighted by Gasteiger charge is -2.20. The SMILES string of the molecule is C[C@@H](N)c1cc(Br)ccc1OCCS(=O)(=O)C(C)(C)C. The average Bonchev–Trinajstić information content (AvgIpc) is 2.29. The van der Waals surface area contributed by atoms with E-state index < -0.39 is 14.6 Å². The predicted octanol–water partition coefficient (Wildman–Crippen LogP) is 3.06. The summed E-state index contributed by atoms with van der Waals surface area (Å²) in [5.74, 6) is 0.623. The molecule has 1 aromatic carbocycles. The number of hydrogen-bond acceptors (Lipinski definition) is 4. The largest absolute Gasteiger partial charge is 0.492 e. The summed E-state index contributed by atoms with van der Waals surface area (Å²) in [6.07, 6.45) is 0. The van der Waals surface area contributed by atoms with Crippen LogP contribution < -0.4 is 10.5 Å². The van der Waals surface area contributed by atoms with E-state index in [0.29, 0.717) is 5.75 Å². The second-order valence-electron chi connectivity index (χ2n) is 5.75. The van der Waals surface area contributed by atoms with Gasteiger partial charge in [0.05, 0.1) is 10.5 Å². The van der Waals surface area contributed by atoms with Gasteiger partial charge in [-0.2, -0.15) is 0 Å². The zero-order valence-corrected chi connectivity index (χ0v) is 14.7. The van der Waals surface area contributed by atoms with Gasteiger partial charge in [0.15, 0.2) is 9.84 Å². The summed E-state index contributed by atoms with van der Waals surface area (Å²) in [5.41, 5.74) is 6.75. The van der Waals surface area contributed by atoms with Crippen molar-refractivity contribution in [2.45, 2.75) is 38.5 Å². The van der Waals surface area contributed by atoms with Crippen LogP contribution in [0.5, 0.6) is 5.75 Å². The number of halogens is 1. The van der Waals surface area contributed by atoms with Crippen LogP contribution in [0, 0.1) is 0 Å². The number of sulfone groups is 1. The standard InChI is InChI=1S/C14H22BrNO3S/c1-10(16)12-9-11(15)5-6-13(12)19-7-8-20(17,18)14(2,3)4/h5-6,9-10H,7-8,16H2,1-4H3/t10-/m1/s1. The number of ether oxygens (including phenoxy) is 1. The van der Waals surface area contributed by atoms with E-state index in [1.807, 2.05) is 19.1 Å². The summed E-state index contributed by atoms with van der Waals surface area (Å²) < 4.78 is 29.8. The van der Waals surface area contributed by atoms with Gasteiger partial charge in [0, 0.05) is 16.1 Å². The van der Waals surface area contributed by atoms with Crippen LogP contribution in [-0.2, 0) is 9.84 Å². The summed E-state index contributed by atoms with van der Waals surface area (Å²) in [6, 6.07) is 5.35. The van der Waals surface area contributed by atoms with Crippen LogP contribution in [0.2, 0.25) is 0 Å². The monoisotopic (exact) mass is 363 g/mol. The number of benzene rings is 1. The molecule has 0 aromatic heterocycles. The minimum atomic E-state index is -3.17. The predicted molar refractivity (Wildman–Crippen MR) is 85.8 cm³/mol. The Morgan fingerprint density at radius 1 is 1.35 bits per heavy atom. The fraction of sp³-hybridized carbons (Fsp3) is 0.571. The molecule has 4 nitrogen and oxygen atoms in total. The maximum Gasteiger partial charge on any atom is 0.158 e. The number of hydrogen-bond donors (Lipinski definition) is 1. The molecular weight excluding hydrogens is 342 g/mol. The van der Waals surface area contributed by atoms with Gasteiger partial charge in [-0.15, -0.1) is 0 Å². The summed E-state index contributed by atoms with van der Waals surface area (Å²) in [6.45, 7) is 7.06. The third-order valence-corrected chi connectivity index (χ3v) is 6.07. The van der Waals surface area contributed by atoms with Crippen molar-refractivity contribution < 1.29 is 13.2 Å². The van der Waals surface area contributed by atoms with Gasteiger partial charge in [0.2, 0.25) is 0 Å². The fourth-order valence-electron chi connectivity index (χ4n) is 1.57. The lowest BCUT2D eigenvalue weighted by Crippen LogP contribution is -2.32. The van der Waals surface area contributed by atoms with Gasteiger partial charge < -0.3 is 10.5 Å². The molecule has 2 N–H and O–H groups in total. The molecule has 20 heavy (non-hydrogen) atoms. The molecule has 1 rings (SSSR count). The van der Waals surface area contributed by atoms with Crippen LogP contribution in [0.3, 0.4) is 0 Å². The molecule has 0 radical (unpaired) electrons. The topological polar surface area (TPSA) is 69.4 Å². The minimum Gasteiger partial charge on any atom is -0.492 e. The third-order valence-electron chi connectivity index (χ3n) is 3.01. The zero-order chi connectivity index (χ0) is 15.6. The quantitative estimate of drug-likeness (QED) is 0.872. The highest BCUT2D eigenvalue weighted by Gasteiger charge is 2.28. The van der Waals surface area contributed by atoms with Gasteiger partial charge >= 0.3 is 0 Å². The van der Waals surface area contributed by atoms with Crippen LogP contribution in [0.1, 0.15) is 39.3 Å². The van der Waals surface area contributed by atoms with E-state index in [1.165, 1.54) is 0 Å². The Bertz CT molecular complexity index is 562. The Kier molecular flexibility index (Phi) is 5.63. The summed E-state index contributed by atoms with van der Waals surface area (Å²) in [4.78, 5) is 0. The third kappa shape index (κ3) is 4.46. The smallest absolute Gasteiger partial charge is 0.158 e. The van der Waals surface area contributed by atoms with Crippen molar-refractivity contribution >= 4 is 25.8 Å². The first-order valence-corrected chi connectivity index (χ1v) is 8.89. The van der Waals surface area contributed by atoms with Crippen LogP contribution in [-0.4, -0.2) is 25.5 Å². The van der Waals surface area contributed by atoms with Crippen molar-refractivity contribution in [3.05, 3.63) is 28.2 Å². The Balaban J connectivity index is 2.77. The van der Waals surface area contributed by atoms with Crippen molar-refractivity contribution in [1.82, 2.24) is 0 Å². The first kappa shape index (κ1) is 17.5. The lowest BCUT2D eigenvalue weighted by molar-refractivity contribution is 0.334. The van der Waals surface area contributed by atoms with E-state index >= 15 is 0 Å². The maximum atomic E-state index is 12.0. The molecule has 1 atom stereocenters. The Morgan fingerprint density at radius 2 is 1.95 bits per heavy atom. The van der Waals surface area contributed by atoms with Gasteiger partial charge in [0.1, 0.15) is 12.4 Å². The fourth-order valence-corrected chi connectivity index (χ4v) is 2.87. The molecule has 0 saturated heterocycles. The molecule has 1 aromatic rings. The second-order valence-corrected chi connectivity index (χ2v) is 9.53. The normalized spacial score (nSPS) is 14.1. The van der Waals surface area contributed by atoms with E-state index in [4.69, 9.17) is 10.5 Å². The summed E-state index contributed by atoms with van der Waals surface area (Å²) >= 11 is 3.38. The minimum absolute atomic E-state index is 0.00897. The maximum absolute atomic E-state index is 12.0. The van der Waals surface area contributed by atoms with Gasteiger partial charge in [-0.25, -0.2) is 8.42 Å². The average molecular weight is 364 g/mol. The van der Waals surface area contributed by atoms with Crippen LogP contribution in [0.4, 0.5) is 0 Å². The first-order valence-electron chi connectivity index (χ1n) is 6.45. The Labute approximate surface area is 129 Å². The molecule has 6 heteroatoms. The molecule has 0 fully saturated rings. The molecule has 114 valence electrons. The molecule has 0 spiro atoms. The van der Waals surface area contributed by atoms with Crippen LogP contribution in [0.25, 0.3) is 0 Å². The van der Waals surface area contributed by atoms with E-state index in [9.17, 15) is 8.42 Å². The number of rotatable bonds is 5. The van der Waals surface area contributed by atoms with Crippen molar-refractivity contribution in [3.63, 3.8) is 0 Å². The van der Waals surface area contributed by atoms with Crippen molar-refractivity contribution in [1.29, 1.82) is 0 Å². The molecule has 0 amide bonds. The van der Waals surface area contributed by atoms with Crippen molar-refractivity contribution in [3.8, 4) is 5.75 Å². The molecule has 0 aliphatic rings. The molecular formula is C14H22BrNO3S.